The zero-order chi connectivity index (χ0) is 12.4. The first-order valence-electron chi connectivity index (χ1n) is 6.19. The molecule has 1 saturated carbocycles. The number of nitrogen functional groups attached to an aromatic ring is 1. The summed E-state index contributed by atoms with van der Waals surface area (Å²) in [5, 5.41) is 6.49. The Labute approximate surface area is 101 Å². The molecular formula is C12H20N4O. The van der Waals surface area contributed by atoms with Crippen molar-refractivity contribution in [1.82, 2.24) is 15.1 Å². The molecule has 1 amide bonds. The van der Waals surface area contributed by atoms with Crippen LogP contribution in [-0.2, 0) is 0 Å². The van der Waals surface area contributed by atoms with Gasteiger partial charge >= 0.3 is 0 Å². The fourth-order valence-corrected chi connectivity index (χ4v) is 1.84. The number of carbonyl (C=O) groups excluding carboxylic acids is 1. The van der Waals surface area contributed by atoms with Crippen LogP contribution in [0.1, 0.15) is 43.6 Å². The molecule has 1 fully saturated rings. The quantitative estimate of drug-likeness (QED) is 0.816. The molecule has 1 heterocycles. The number of nitrogens with two attached hydrogens (primary N) is 1. The molecular weight excluding hydrogens is 216 g/mol. The van der Waals surface area contributed by atoms with Crippen LogP contribution in [0.25, 0.3) is 0 Å². The topological polar surface area (TPSA) is 75.0 Å². The molecule has 0 unspecified atom stereocenters. The standard InChI is InChI=1S/C12H20N4O/c1-8(2)5-6-16(9-3-4-9)12(17)11-10(13)7-14-15-11/h7-9H,3-6,13H2,1-2H3,(H,14,15). The summed E-state index contributed by atoms with van der Waals surface area (Å²) in [5.74, 6) is 0.589. The molecule has 5 nitrogen and oxygen atoms in total. The maximum Gasteiger partial charge on any atom is 0.274 e. The fraction of sp³-hybridized carbons (Fsp3) is 0.667. The lowest BCUT2D eigenvalue weighted by Crippen LogP contribution is -2.35. The van der Waals surface area contributed by atoms with Gasteiger partial charge in [-0.1, -0.05) is 13.8 Å². The molecule has 0 atom stereocenters. The molecule has 1 aliphatic carbocycles. The summed E-state index contributed by atoms with van der Waals surface area (Å²) in [5.41, 5.74) is 6.58. The van der Waals surface area contributed by atoms with Crippen LogP contribution < -0.4 is 5.73 Å². The van der Waals surface area contributed by atoms with Gasteiger partial charge in [0.2, 0.25) is 0 Å². The highest BCUT2D eigenvalue weighted by Crippen LogP contribution is 2.29. The van der Waals surface area contributed by atoms with Crippen molar-refractivity contribution in [3.8, 4) is 0 Å². The average Bonchev–Trinajstić information content (AvgIpc) is 3.00. The van der Waals surface area contributed by atoms with E-state index in [1.165, 1.54) is 6.20 Å². The minimum atomic E-state index is -0.0110. The van der Waals surface area contributed by atoms with Gasteiger partial charge in [-0.05, 0) is 25.2 Å². The smallest absolute Gasteiger partial charge is 0.274 e. The largest absolute Gasteiger partial charge is 0.396 e. The van der Waals surface area contributed by atoms with Gasteiger partial charge < -0.3 is 10.6 Å². The number of hydrogen-bond acceptors (Lipinski definition) is 3. The summed E-state index contributed by atoms with van der Waals surface area (Å²) in [6, 6.07) is 0.406. The van der Waals surface area contributed by atoms with Crippen molar-refractivity contribution < 1.29 is 4.79 Å². The van der Waals surface area contributed by atoms with Crippen LogP contribution in [0.15, 0.2) is 6.20 Å². The number of amides is 1. The molecule has 5 heteroatoms. The SMILES string of the molecule is CC(C)CCN(C(=O)c1[nH]ncc1N)C1CC1. The van der Waals surface area contributed by atoms with E-state index < -0.39 is 0 Å². The molecule has 0 spiro atoms. The summed E-state index contributed by atoms with van der Waals surface area (Å²) in [6.07, 6.45) is 4.73. The summed E-state index contributed by atoms with van der Waals surface area (Å²) < 4.78 is 0. The van der Waals surface area contributed by atoms with Gasteiger partial charge in [0, 0.05) is 12.6 Å². The highest BCUT2D eigenvalue weighted by atomic mass is 16.2. The van der Waals surface area contributed by atoms with Crippen molar-refractivity contribution in [2.24, 2.45) is 5.92 Å². The van der Waals surface area contributed by atoms with Gasteiger partial charge in [-0.25, -0.2) is 0 Å². The Kier molecular flexibility index (Phi) is 3.36. The fourth-order valence-electron chi connectivity index (χ4n) is 1.84. The lowest BCUT2D eigenvalue weighted by atomic mass is 10.1. The molecule has 1 aromatic heterocycles. The second kappa shape index (κ2) is 4.77. The second-order valence-corrected chi connectivity index (χ2v) is 5.11. The van der Waals surface area contributed by atoms with Crippen LogP contribution in [-0.4, -0.2) is 33.6 Å². The number of aromatic amines is 1. The van der Waals surface area contributed by atoms with Crippen molar-refractivity contribution in [3.63, 3.8) is 0 Å². The molecule has 17 heavy (non-hydrogen) atoms. The van der Waals surface area contributed by atoms with Gasteiger partial charge in [0.15, 0.2) is 0 Å². The summed E-state index contributed by atoms with van der Waals surface area (Å²) >= 11 is 0. The Hall–Kier alpha value is -1.52. The first kappa shape index (κ1) is 12.0. The van der Waals surface area contributed by atoms with Crippen molar-refractivity contribution in [2.45, 2.75) is 39.2 Å². The maximum absolute atomic E-state index is 12.3. The van der Waals surface area contributed by atoms with E-state index in [0.717, 1.165) is 25.8 Å². The highest BCUT2D eigenvalue weighted by Gasteiger charge is 2.34. The first-order chi connectivity index (χ1) is 8.09. The molecule has 0 saturated heterocycles. The highest BCUT2D eigenvalue weighted by molar-refractivity contribution is 5.97. The van der Waals surface area contributed by atoms with Gasteiger partial charge in [0.05, 0.1) is 11.9 Å². The normalized spacial score (nSPS) is 15.2. The van der Waals surface area contributed by atoms with Crippen LogP contribution in [0.3, 0.4) is 0 Å². The van der Waals surface area contributed by atoms with Crippen LogP contribution in [0.5, 0.6) is 0 Å². The van der Waals surface area contributed by atoms with Crippen LogP contribution in [0.2, 0.25) is 0 Å². The molecule has 0 bridgehead atoms. The van der Waals surface area contributed by atoms with Crippen molar-refractivity contribution in [2.75, 3.05) is 12.3 Å². The van der Waals surface area contributed by atoms with Gasteiger partial charge in [-0.15, -0.1) is 0 Å². The second-order valence-electron chi connectivity index (χ2n) is 5.11. The predicted molar refractivity (Wildman–Crippen MR) is 66.5 cm³/mol. The van der Waals surface area contributed by atoms with Gasteiger partial charge in [-0.2, -0.15) is 5.10 Å². The summed E-state index contributed by atoms with van der Waals surface area (Å²) in [7, 11) is 0. The molecule has 1 aliphatic rings. The minimum Gasteiger partial charge on any atom is -0.396 e. The predicted octanol–water partition coefficient (Wildman–Crippen LogP) is 1.64. The van der Waals surface area contributed by atoms with Crippen LogP contribution in [0, 0.1) is 5.92 Å². The Bertz CT molecular complexity index is 395. The van der Waals surface area contributed by atoms with Crippen molar-refractivity contribution in [1.29, 1.82) is 0 Å². The van der Waals surface area contributed by atoms with E-state index in [-0.39, 0.29) is 5.91 Å². The van der Waals surface area contributed by atoms with E-state index in [0.29, 0.717) is 23.3 Å². The van der Waals surface area contributed by atoms with Gasteiger partial charge in [0.1, 0.15) is 5.69 Å². The number of rotatable bonds is 5. The van der Waals surface area contributed by atoms with E-state index in [2.05, 4.69) is 24.0 Å². The lowest BCUT2D eigenvalue weighted by molar-refractivity contribution is 0.0730. The molecule has 3 N–H and O–H groups in total. The van der Waals surface area contributed by atoms with E-state index in [1.54, 1.807) is 0 Å². The molecule has 0 aliphatic heterocycles. The van der Waals surface area contributed by atoms with Gasteiger partial charge in [0.25, 0.3) is 5.91 Å². The third-order valence-corrected chi connectivity index (χ3v) is 3.08. The van der Waals surface area contributed by atoms with E-state index >= 15 is 0 Å². The Morgan fingerprint density at radius 2 is 2.35 bits per heavy atom. The number of anilines is 1. The van der Waals surface area contributed by atoms with E-state index in [1.807, 2.05) is 4.90 Å². The number of carbonyl (C=O) groups is 1. The monoisotopic (exact) mass is 236 g/mol. The van der Waals surface area contributed by atoms with Crippen molar-refractivity contribution in [3.05, 3.63) is 11.9 Å². The lowest BCUT2D eigenvalue weighted by Gasteiger charge is -2.22. The Morgan fingerprint density at radius 3 is 2.82 bits per heavy atom. The number of nitrogens with zero attached hydrogens (tertiary/aromatic N) is 2. The van der Waals surface area contributed by atoms with E-state index in [4.69, 9.17) is 5.73 Å². The third-order valence-electron chi connectivity index (χ3n) is 3.08. The van der Waals surface area contributed by atoms with Crippen molar-refractivity contribution >= 4 is 11.6 Å². The summed E-state index contributed by atoms with van der Waals surface area (Å²) in [6.45, 7) is 5.14. The molecule has 0 radical (unpaired) electrons. The first-order valence-corrected chi connectivity index (χ1v) is 6.19. The molecule has 2 rings (SSSR count). The molecule has 94 valence electrons. The average molecular weight is 236 g/mol. The van der Waals surface area contributed by atoms with Gasteiger partial charge in [-0.3, -0.25) is 9.89 Å². The zero-order valence-electron chi connectivity index (χ0n) is 10.4. The zero-order valence-corrected chi connectivity index (χ0v) is 10.4. The Balaban J connectivity index is 2.05. The molecule has 1 aromatic rings. The number of aromatic nitrogens is 2. The molecule has 0 aromatic carbocycles. The summed E-state index contributed by atoms with van der Waals surface area (Å²) in [4.78, 5) is 14.2. The number of hydrogen-bond donors (Lipinski definition) is 2. The maximum atomic E-state index is 12.3. The number of nitrogens with one attached hydrogen (secondary N) is 1. The van der Waals surface area contributed by atoms with Crippen LogP contribution in [0.4, 0.5) is 5.69 Å². The Morgan fingerprint density at radius 1 is 1.65 bits per heavy atom. The van der Waals surface area contributed by atoms with E-state index in [9.17, 15) is 4.79 Å². The minimum absolute atomic E-state index is 0.0110. The third kappa shape index (κ3) is 2.78. The number of H-pyrrole nitrogens is 1. The van der Waals surface area contributed by atoms with Crippen LogP contribution >= 0.6 is 0 Å².